The lowest BCUT2D eigenvalue weighted by atomic mass is 9.99. The van der Waals surface area contributed by atoms with Crippen LogP contribution in [0.1, 0.15) is 30.1 Å². The molecule has 2 aromatic carbocycles. The summed E-state index contributed by atoms with van der Waals surface area (Å²) in [6, 6.07) is 18.4. The van der Waals surface area contributed by atoms with Crippen molar-refractivity contribution in [3.05, 3.63) is 76.5 Å². The molecule has 1 aliphatic rings. The molecule has 0 spiro atoms. The summed E-state index contributed by atoms with van der Waals surface area (Å²) in [6.45, 7) is 1.79. The maximum absolute atomic E-state index is 10.7. The zero-order chi connectivity index (χ0) is 17.8. The Labute approximate surface area is 158 Å². The van der Waals surface area contributed by atoms with Gasteiger partial charge in [-0.3, -0.25) is 0 Å². The molecule has 0 bridgehead atoms. The third-order valence-electron chi connectivity index (χ3n) is 4.89. The van der Waals surface area contributed by atoms with Gasteiger partial charge in [-0.2, -0.15) is 11.3 Å². The second kappa shape index (κ2) is 8.04. The second-order valence-corrected chi connectivity index (χ2v) is 7.49. The fourth-order valence-corrected chi connectivity index (χ4v) is 3.99. The zero-order valence-electron chi connectivity index (χ0n) is 14.6. The van der Waals surface area contributed by atoms with Crippen molar-refractivity contribution in [2.24, 2.45) is 0 Å². The van der Waals surface area contributed by atoms with Crippen LogP contribution in [0.5, 0.6) is 5.75 Å². The van der Waals surface area contributed by atoms with Crippen LogP contribution in [0, 0.1) is 0 Å². The van der Waals surface area contributed by atoms with E-state index in [0.717, 1.165) is 23.4 Å². The van der Waals surface area contributed by atoms with E-state index in [2.05, 4.69) is 34.3 Å². The predicted octanol–water partition coefficient (Wildman–Crippen LogP) is 4.63. The minimum absolute atomic E-state index is 0.460. The van der Waals surface area contributed by atoms with Gasteiger partial charge in [0.15, 0.2) is 0 Å². The van der Waals surface area contributed by atoms with Gasteiger partial charge >= 0.3 is 0 Å². The lowest BCUT2D eigenvalue weighted by Crippen LogP contribution is -2.28. The molecule has 3 nitrogen and oxygen atoms in total. The van der Waals surface area contributed by atoms with Crippen LogP contribution >= 0.6 is 11.3 Å². The van der Waals surface area contributed by atoms with Crippen molar-refractivity contribution in [3.63, 3.8) is 0 Å². The van der Waals surface area contributed by atoms with Gasteiger partial charge in [0.2, 0.25) is 0 Å². The van der Waals surface area contributed by atoms with E-state index >= 15 is 0 Å². The Bertz CT molecular complexity index is 806. The topological polar surface area (TPSA) is 41.5 Å². The smallest absolute Gasteiger partial charge is 0.119 e. The SMILES string of the molecule is OC(c1ccc(OC[C@H]2CCCN2)cc1)c1ccc(-c2ccsc2)cc1. The zero-order valence-corrected chi connectivity index (χ0v) is 15.4. The number of aliphatic hydroxyl groups excluding tert-OH is 1. The first-order valence-corrected chi connectivity index (χ1v) is 10.0. The van der Waals surface area contributed by atoms with E-state index in [-0.39, 0.29) is 0 Å². The summed E-state index contributed by atoms with van der Waals surface area (Å²) >= 11 is 1.69. The van der Waals surface area contributed by atoms with Gasteiger partial charge in [-0.15, -0.1) is 0 Å². The summed E-state index contributed by atoms with van der Waals surface area (Å²) in [4.78, 5) is 0. The van der Waals surface area contributed by atoms with Gasteiger partial charge < -0.3 is 15.2 Å². The molecule has 1 fully saturated rings. The molecule has 1 aromatic heterocycles. The third kappa shape index (κ3) is 3.98. The van der Waals surface area contributed by atoms with Gasteiger partial charge in [0.05, 0.1) is 0 Å². The summed E-state index contributed by atoms with van der Waals surface area (Å²) < 4.78 is 5.84. The average Bonchev–Trinajstić information content (AvgIpc) is 3.40. The maximum Gasteiger partial charge on any atom is 0.119 e. The summed E-state index contributed by atoms with van der Waals surface area (Å²) in [5.41, 5.74) is 4.16. The quantitative estimate of drug-likeness (QED) is 0.669. The number of benzene rings is 2. The first-order valence-electron chi connectivity index (χ1n) is 9.06. The van der Waals surface area contributed by atoms with E-state index < -0.39 is 6.10 Å². The number of aliphatic hydroxyl groups is 1. The molecule has 0 radical (unpaired) electrons. The first-order chi connectivity index (χ1) is 12.8. The van der Waals surface area contributed by atoms with Gasteiger partial charge in [0.25, 0.3) is 0 Å². The minimum atomic E-state index is -0.628. The fraction of sp³-hybridized carbons (Fsp3) is 0.273. The molecule has 2 N–H and O–H groups in total. The monoisotopic (exact) mass is 365 g/mol. The highest BCUT2D eigenvalue weighted by atomic mass is 32.1. The molecular formula is C22H23NO2S. The van der Waals surface area contributed by atoms with Gasteiger partial charge in [0, 0.05) is 6.04 Å². The number of nitrogens with one attached hydrogen (secondary N) is 1. The highest BCUT2D eigenvalue weighted by Crippen LogP contribution is 2.27. The van der Waals surface area contributed by atoms with Crippen LogP contribution in [0.25, 0.3) is 11.1 Å². The van der Waals surface area contributed by atoms with Crippen molar-refractivity contribution in [2.45, 2.75) is 25.0 Å². The standard InChI is InChI=1S/C22H23NO2S/c24-22(17-5-3-16(4-6-17)19-11-13-26-15-19)18-7-9-21(10-8-18)25-14-20-2-1-12-23-20/h3-11,13,15,20,22-24H,1-2,12,14H2/t20-,22?/m1/s1. The van der Waals surface area contributed by atoms with E-state index in [0.29, 0.717) is 12.6 Å². The maximum atomic E-state index is 10.7. The molecular weight excluding hydrogens is 342 g/mol. The second-order valence-electron chi connectivity index (χ2n) is 6.71. The van der Waals surface area contributed by atoms with Crippen LogP contribution in [-0.2, 0) is 0 Å². The summed E-state index contributed by atoms with van der Waals surface area (Å²) in [6.07, 6.45) is 1.78. The van der Waals surface area contributed by atoms with Crippen molar-refractivity contribution in [2.75, 3.05) is 13.2 Å². The fourth-order valence-electron chi connectivity index (χ4n) is 3.32. The van der Waals surface area contributed by atoms with E-state index in [4.69, 9.17) is 4.74 Å². The van der Waals surface area contributed by atoms with Gasteiger partial charge in [-0.05, 0) is 70.6 Å². The van der Waals surface area contributed by atoms with Crippen molar-refractivity contribution < 1.29 is 9.84 Å². The van der Waals surface area contributed by atoms with Gasteiger partial charge in [-0.25, -0.2) is 0 Å². The van der Waals surface area contributed by atoms with E-state index in [1.54, 1.807) is 11.3 Å². The Morgan fingerprint density at radius 1 is 1.00 bits per heavy atom. The average molecular weight is 365 g/mol. The molecule has 2 atom stereocenters. The first kappa shape index (κ1) is 17.3. The van der Waals surface area contributed by atoms with Crippen LogP contribution in [0.3, 0.4) is 0 Å². The number of hydrogen-bond donors (Lipinski definition) is 2. The molecule has 2 heterocycles. The Morgan fingerprint density at radius 2 is 1.73 bits per heavy atom. The number of ether oxygens (including phenoxy) is 1. The molecule has 134 valence electrons. The molecule has 0 amide bonds. The van der Waals surface area contributed by atoms with Crippen LogP contribution < -0.4 is 10.1 Å². The Kier molecular flexibility index (Phi) is 5.34. The molecule has 26 heavy (non-hydrogen) atoms. The Balaban J connectivity index is 1.40. The molecule has 1 saturated heterocycles. The Morgan fingerprint density at radius 3 is 2.35 bits per heavy atom. The highest BCUT2D eigenvalue weighted by Gasteiger charge is 2.15. The number of rotatable bonds is 6. The summed E-state index contributed by atoms with van der Waals surface area (Å²) in [7, 11) is 0. The lowest BCUT2D eigenvalue weighted by Gasteiger charge is -2.15. The minimum Gasteiger partial charge on any atom is -0.492 e. The van der Waals surface area contributed by atoms with Crippen LogP contribution in [0.2, 0.25) is 0 Å². The van der Waals surface area contributed by atoms with Crippen molar-refractivity contribution in [3.8, 4) is 16.9 Å². The lowest BCUT2D eigenvalue weighted by molar-refractivity contribution is 0.220. The summed E-state index contributed by atoms with van der Waals surface area (Å²) in [5.74, 6) is 0.849. The van der Waals surface area contributed by atoms with Crippen molar-refractivity contribution >= 4 is 11.3 Å². The number of thiophene rings is 1. The van der Waals surface area contributed by atoms with E-state index in [1.165, 1.54) is 24.0 Å². The predicted molar refractivity (Wildman–Crippen MR) is 107 cm³/mol. The summed E-state index contributed by atoms with van der Waals surface area (Å²) in [5, 5.41) is 18.3. The van der Waals surface area contributed by atoms with E-state index in [9.17, 15) is 5.11 Å². The number of hydrogen-bond acceptors (Lipinski definition) is 4. The molecule has 0 aliphatic carbocycles. The normalized spacial score (nSPS) is 18.0. The van der Waals surface area contributed by atoms with Crippen LogP contribution in [-0.4, -0.2) is 24.3 Å². The molecule has 4 rings (SSSR count). The van der Waals surface area contributed by atoms with Crippen LogP contribution in [0.4, 0.5) is 0 Å². The van der Waals surface area contributed by atoms with Gasteiger partial charge in [-0.1, -0.05) is 36.4 Å². The third-order valence-corrected chi connectivity index (χ3v) is 5.57. The van der Waals surface area contributed by atoms with Crippen molar-refractivity contribution in [1.82, 2.24) is 5.32 Å². The van der Waals surface area contributed by atoms with Crippen molar-refractivity contribution in [1.29, 1.82) is 0 Å². The highest BCUT2D eigenvalue weighted by molar-refractivity contribution is 7.08. The van der Waals surface area contributed by atoms with Gasteiger partial charge in [0.1, 0.15) is 18.5 Å². The van der Waals surface area contributed by atoms with E-state index in [1.807, 2.05) is 36.4 Å². The molecule has 1 aliphatic heterocycles. The molecule has 4 heteroatoms. The molecule has 0 saturated carbocycles. The van der Waals surface area contributed by atoms with Crippen LogP contribution in [0.15, 0.2) is 65.4 Å². The molecule has 3 aromatic rings. The molecule has 1 unspecified atom stereocenters. The largest absolute Gasteiger partial charge is 0.492 e. The Hall–Kier alpha value is -2.14.